The Morgan fingerprint density at radius 3 is 2.77 bits per heavy atom. The van der Waals surface area contributed by atoms with E-state index in [0.717, 1.165) is 17.0 Å². The van der Waals surface area contributed by atoms with E-state index in [2.05, 4.69) is 15.4 Å². The van der Waals surface area contributed by atoms with Crippen LogP contribution in [0.1, 0.15) is 27.3 Å². The first-order valence-corrected chi connectivity index (χ1v) is 7.23. The van der Waals surface area contributed by atoms with Gasteiger partial charge in [0.2, 0.25) is 0 Å². The topological polar surface area (TPSA) is 59.3 Å². The number of aryl methyl sites for hydroxylation is 3. The predicted molar refractivity (Wildman–Crippen MR) is 86.6 cm³/mol. The second-order valence-electron chi connectivity index (χ2n) is 5.25. The average molecular weight is 315 g/mol. The number of benzene rings is 1. The summed E-state index contributed by atoms with van der Waals surface area (Å²) in [5.74, 6) is -0.252. The zero-order chi connectivity index (χ0) is 15.9. The van der Waals surface area contributed by atoms with E-state index in [4.69, 9.17) is 11.6 Å². The monoisotopic (exact) mass is 314 g/mol. The largest absolute Gasteiger partial charge is 0.322 e. The fourth-order valence-electron chi connectivity index (χ4n) is 2.35. The standard InChI is InChI=1S/C16H15ClN4O/c1-9-4-5-12(17)7-14(9)20-16(22)13-8-18-21-11(3)6-10(2)19-15(13)21/h4-8H,1-3H3,(H,20,22). The summed E-state index contributed by atoms with van der Waals surface area (Å²) < 4.78 is 1.66. The Kier molecular flexibility index (Phi) is 3.58. The summed E-state index contributed by atoms with van der Waals surface area (Å²) in [5, 5.41) is 7.67. The molecule has 0 aliphatic rings. The molecule has 5 nitrogen and oxygen atoms in total. The maximum atomic E-state index is 12.5. The minimum absolute atomic E-state index is 0.252. The van der Waals surface area contributed by atoms with Gasteiger partial charge in [0, 0.05) is 22.1 Å². The van der Waals surface area contributed by atoms with Crippen LogP contribution in [0, 0.1) is 20.8 Å². The first kappa shape index (κ1) is 14.5. The summed E-state index contributed by atoms with van der Waals surface area (Å²) in [7, 11) is 0. The molecule has 1 aromatic carbocycles. The molecule has 0 bridgehead atoms. The molecule has 0 aliphatic carbocycles. The molecule has 3 aromatic rings. The molecule has 22 heavy (non-hydrogen) atoms. The van der Waals surface area contributed by atoms with Crippen LogP contribution in [0.4, 0.5) is 5.69 Å². The van der Waals surface area contributed by atoms with E-state index in [-0.39, 0.29) is 5.91 Å². The van der Waals surface area contributed by atoms with Crippen molar-refractivity contribution in [2.24, 2.45) is 0 Å². The highest BCUT2D eigenvalue weighted by Gasteiger charge is 2.16. The number of halogens is 1. The van der Waals surface area contributed by atoms with Gasteiger partial charge < -0.3 is 5.32 Å². The summed E-state index contributed by atoms with van der Waals surface area (Å²) in [6.07, 6.45) is 1.53. The van der Waals surface area contributed by atoms with Crippen molar-refractivity contribution in [1.82, 2.24) is 14.6 Å². The summed E-state index contributed by atoms with van der Waals surface area (Å²) in [6, 6.07) is 7.30. The molecule has 3 rings (SSSR count). The lowest BCUT2D eigenvalue weighted by molar-refractivity contribution is 0.102. The molecule has 2 aromatic heterocycles. The van der Waals surface area contributed by atoms with Crippen LogP contribution in [0.15, 0.2) is 30.5 Å². The molecule has 112 valence electrons. The Hall–Kier alpha value is -2.40. The van der Waals surface area contributed by atoms with Crippen molar-refractivity contribution in [3.8, 4) is 0 Å². The van der Waals surface area contributed by atoms with Gasteiger partial charge in [0.15, 0.2) is 5.65 Å². The van der Waals surface area contributed by atoms with Gasteiger partial charge in [-0.25, -0.2) is 9.50 Å². The Labute approximate surface area is 132 Å². The van der Waals surface area contributed by atoms with Crippen LogP contribution in [0.5, 0.6) is 0 Å². The number of carbonyl (C=O) groups is 1. The molecule has 6 heteroatoms. The zero-order valence-corrected chi connectivity index (χ0v) is 13.3. The summed E-state index contributed by atoms with van der Waals surface area (Å²) in [4.78, 5) is 16.9. The molecule has 0 saturated heterocycles. The second-order valence-corrected chi connectivity index (χ2v) is 5.68. The van der Waals surface area contributed by atoms with E-state index in [9.17, 15) is 4.79 Å². The first-order chi connectivity index (χ1) is 10.5. The Morgan fingerprint density at radius 2 is 2.00 bits per heavy atom. The molecule has 0 spiro atoms. The molecular weight excluding hydrogens is 300 g/mol. The lowest BCUT2D eigenvalue weighted by Gasteiger charge is -2.08. The Bertz CT molecular complexity index is 885. The molecule has 0 atom stereocenters. The lowest BCUT2D eigenvalue weighted by Crippen LogP contribution is -2.13. The van der Waals surface area contributed by atoms with E-state index >= 15 is 0 Å². The smallest absolute Gasteiger partial charge is 0.261 e. The number of hydrogen-bond donors (Lipinski definition) is 1. The fourth-order valence-corrected chi connectivity index (χ4v) is 2.52. The summed E-state index contributed by atoms with van der Waals surface area (Å²) in [6.45, 7) is 5.73. The number of nitrogens with zero attached hydrogens (tertiary/aromatic N) is 3. The third-order valence-electron chi connectivity index (χ3n) is 3.47. The van der Waals surface area contributed by atoms with Crippen LogP contribution in [-0.2, 0) is 0 Å². The van der Waals surface area contributed by atoms with Crippen molar-refractivity contribution in [2.45, 2.75) is 20.8 Å². The number of anilines is 1. The first-order valence-electron chi connectivity index (χ1n) is 6.85. The molecule has 0 unspecified atom stereocenters. The number of rotatable bonds is 2. The predicted octanol–water partition coefficient (Wildman–Crippen LogP) is 3.56. The second kappa shape index (κ2) is 5.42. The van der Waals surface area contributed by atoms with E-state index in [1.165, 1.54) is 6.20 Å². The molecule has 0 aliphatic heterocycles. The normalized spacial score (nSPS) is 10.9. The van der Waals surface area contributed by atoms with Gasteiger partial charge in [-0.15, -0.1) is 0 Å². The quantitative estimate of drug-likeness (QED) is 0.786. The molecule has 0 saturated carbocycles. The van der Waals surface area contributed by atoms with Crippen LogP contribution in [0.3, 0.4) is 0 Å². The van der Waals surface area contributed by atoms with E-state index < -0.39 is 0 Å². The van der Waals surface area contributed by atoms with Crippen LogP contribution in [0.2, 0.25) is 5.02 Å². The minimum atomic E-state index is -0.252. The number of nitrogens with one attached hydrogen (secondary N) is 1. The van der Waals surface area contributed by atoms with Crippen LogP contribution in [-0.4, -0.2) is 20.5 Å². The SMILES string of the molecule is Cc1cc(C)n2ncc(C(=O)Nc3cc(Cl)ccc3C)c2n1. The van der Waals surface area contributed by atoms with Gasteiger partial charge in [0.25, 0.3) is 5.91 Å². The highest BCUT2D eigenvalue weighted by Crippen LogP contribution is 2.21. The summed E-state index contributed by atoms with van der Waals surface area (Å²) in [5.41, 5.74) is 4.38. The molecule has 0 fully saturated rings. The molecule has 0 radical (unpaired) electrons. The zero-order valence-electron chi connectivity index (χ0n) is 12.5. The molecule has 1 amide bonds. The van der Waals surface area contributed by atoms with Crippen molar-refractivity contribution in [3.05, 3.63) is 58.0 Å². The maximum Gasteiger partial charge on any atom is 0.261 e. The lowest BCUT2D eigenvalue weighted by atomic mass is 10.2. The van der Waals surface area contributed by atoms with Gasteiger partial charge in [-0.05, 0) is 44.5 Å². The fraction of sp³-hybridized carbons (Fsp3) is 0.188. The summed E-state index contributed by atoms with van der Waals surface area (Å²) >= 11 is 5.98. The van der Waals surface area contributed by atoms with Gasteiger partial charge in [0.1, 0.15) is 5.56 Å². The number of amides is 1. The van der Waals surface area contributed by atoms with Crippen molar-refractivity contribution < 1.29 is 4.79 Å². The van der Waals surface area contributed by atoms with Crippen molar-refractivity contribution in [3.63, 3.8) is 0 Å². The van der Waals surface area contributed by atoms with Gasteiger partial charge in [0.05, 0.1) is 6.20 Å². The van der Waals surface area contributed by atoms with Crippen molar-refractivity contribution in [1.29, 1.82) is 0 Å². The number of fused-ring (bicyclic) bond motifs is 1. The van der Waals surface area contributed by atoms with Crippen molar-refractivity contribution in [2.75, 3.05) is 5.32 Å². The van der Waals surface area contributed by atoms with E-state index in [0.29, 0.717) is 21.9 Å². The molecular formula is C16H15ClN4O. The van der Waals surface area contributed by atoms with E-state index in [1.807, 2.05) is 32.9 Å². The number of aromatic nitrogens is 3. The van der Waals surface area contributed by atoms with Gasteiger partial charge >= 0.3 is 0 Å². The van der Waals surface area contributed by atoms with Gasteiger partial charge in [-0.3, -0.25) is 4.79 Å². The van der Waals surface area contributed by atoms with Crippen LogP contribution < -0.4 is 5.32 Å². The van der Waals surface area contributed by atoms with E-state index in [1.54, 1.807) is 16.6 Å². The highest BCUT2D eigenvalue weighted by molar-refractivity contribution is 6.31. The minimum Gasteiger partial charge on any atom is -0.322 e. The van der Waals surface area contributed by atoms with Gasteiger partial charge in [-0.1, -0.05) is 17.7 Å². The Morgan fingerprint density at radius 1 is 1.23 bits per heavy atom. The number of carbonyl (C=O) groups excluding carboxylic acids is 1. The molecule has 2 heterocycles. The third kappa shape index (κ3) is 2.55. The van der Waals surface area contributed by atoms with Crippen molar-refractivity contribution >= 4 is 28.8 Å². The van der Waals surface area contributed by atoms with Crippen LogP contribution >= 0.6 is 11.6 Å². The molecule has 1 N–H and O–H groups in total. The maximum absolute atomic E-state index is 12.5. The van der Waals surface area contributed by atoms with Gasteiger partial charge in [-0.2, -0.15) is 5.10 Å². The highest BCUT2D eigenvalue weighted by atomic mass is 35.5. The third-order valence-corrected chi connectivity index (χ3v) is 3.71. The Balaban J connectivity index is 2.01. The number of hydrogen-bond acceptors (Lipinski definition) is 3. The van der Waals surface area contributed by atoms with Crippen LogP contribution in [0.25, 0.3) is 5.65 Å². The average Bonchev–Trinajstić information content (AvgIpc) is 2.87.